The molecule has 0 radical (unpaired) electrons. The van der Waals surface area contributed by atoms with Gasteiger partial charge in [0.2, 0.25) is 5.58 Å². The summed E-state index contributed by atoms with van der Waals surface area (Å²) in [6.45, 7) is 0. The molecule has 15 nitrogen and oxygen atoms in total. The van der Waals surface area contributed by atoms with Gasteiger partial charge in [0.25, 0.3) is 25.8 Å². The minimum absolute atomic E-state index is 0.00316. The van der Waals surface area contributed by atoms with E-state index in [-0.39, 0.29) is 58.6 Å². The monoisotopic (exact) mass is 822 g/mol. The summed E-state index contributed by atoms with van der Waals surface area (Å²) < 4.78 is 103. The van der Waals surface area contributed by atoms with E-state index in [1.165, 1.54) is 0 Å². The molecule has 0 saturated heterocycles. The van der Waals surface area contributed by atoms with Crippen molar-refractivity contribution in [3.05, 3.63) is 135 Å². The van der Waals surface area contributed by atoms with Crippen LogP contribution in [0.15, 0.2) is 93.1 Å². The average Bonchev–Trinajstić information content (AvgIpc) is 3.43. The summed E-state index contributed by atoms with van der Waals surface area (Å²) in [5.74, 6) is -0.660. The molecule has 1 aliphatic rings. The topological polar surface area (TPSA) is 258 Å². The van der Waals surface area contributed by atoms with E-state index < -0.39 is 58.6 Å². The number of para-hydroxylation sites is 3. The molecule has 0 fully saturated rings. The number of oxazole rings is 1. The SMILES string of the molecule is C[n+]1c(/C=C/c2cc3c(O)c(c2)Cc2cc(S(=O)(=O)O)cc(c2O)Cc2cc(S(=O)(=O)O)cc(c2O)Cc2cccc(c2O)C3)oc2ccccc21.O=S(=O)=O. The van der Waals surface area contributed by atoms with Gasteiger partial charge in [-0.2, -0.15) is 21.4 Å². The molecule has 0 unspecified atom stereocenters. The number of aromatic hydroxyl groups is 4. The maximum atomic E-state index is 12.4. The number of aromatic nitrogens is 1. The van der Waals surface area contributed by atoms with Crippen molar-refractivity contribution < 1.29 is 68.0 Å². The van der Waals surface area contributed by atoms with Gasteiger partial charge in [0, 0.05) is 54.0 Å². The van der Waals surface area contributed by atoms with Crippen LogP contribution >= 0.6 is 0 Å². The van der Waals surface area contributed by atoms with Crippen LogP contribution in [0.1, 0.15) is 56.0 Å². The number of phenols is 4. The predicted molar refractivity (Wildman–Crippen MR) is 199 cm³/mol. The Balaban J connectivity index is 0.00000127. The van der Waals surface area contributed by atoms with E-state index in [9.17, 15) is 46.4 Å². The Bertz CT molecular complexity index is 2930. The van der Waals surface area contributed by atoms with Gasteiger partial charge in [-0.3, -0.25) is 9.11 Å². The molecule has 1 aliphatic carbocycles. The largest absolute Gasteiger partial charge is 0.507 e. The fourth-order valence-electron chi connectivity index (χ4n) is 6.63. The highest BCUT2D eigenvalue weighted by atomic mass is 32.2. The Morgan fingerprint density at radius 2 is 0.946 bits per heavy atom. The first-order valence-electron chi connectivity index (χ1n) is 16.4. The maximum absolute atomic E-state index is 12.4. The molecule has 56 heavy (non-hydrogen) atoms. The van der Waals surface area contributed by atoms with E-state index in [1.807, 2.05) is 35.9 Å². The molecule has 290 valence electrons. The van der Waals surface area contributed by atoms with Crippen molar-refractivity contribution in [1.82, 2.24) is 0 Å². The molecular formula is C38H32NO14S3+. The highest BCUT2D eigenvalue weighted by Crippen LogP contribution is 2.39. The summed E-state index contributed by atoms with van der Waals surface area (Å²) >= 11 is 0. The molecule has 0 amide bonds. The number of rotatable bonds is 4. The van der Waals surface area contributed by atoms with Gasteiger partial charge in [0.1, 0.15) is 30.0 Å². The molecular weight excluding hydrogens is 791 g/mol. The molecule has 0 atom stereocenters. The second-order valence-corrected chi connectivity index (χ2v) is 16.2. The fraction of sp³-hybridized carbons (Fsp3) is 0.132. The van der Waals surface area contributed by atoms with Crippen LogP contribution in [0.5, 0.6) is 23.0 Å². The van der Waals surface area contributed by atoms with Gasteiger partial charge in [0.05, 0.1) is 15.9 Å². The van der Waals surface area contributed by atoms with Crippen molar-refractivity contribution in [2.24, 2.45) is 7.05 Å². The average molecular weight is 823 g/mol. The Morgan fingerprint density at radius 1 is 0.571 bits per heavy atom. The van der Waals surface area contributed by atoms with E-state index in [2.05, 4.69) is 0 Å². The fourth-order valence-corrected chi connectivity index (χ4v) is 7.79. The van der Waals surface area contributed by atoms with Crippen molar-refractivity contribution >= 4 is 54.1 Å². The van der Waals surface area contributed by atoms with Gasteiger partial charge in [0.15, 0.2) is 0 Å². The van der Waals surface area contributed by atoms with E-state index in [0.717, 1.165) is 29.8 Å². The standard InChI is InChI=1S/C38H31NO11S2.O3S/c1-39-32-7-2-3-8-33(32)50-34(39)10-9-21-11-24-13-22-5-4-6-23(35(22)40)14-26-17-30(51(44,45)46)19-28(37(26)42)16-29-20-31(52(47,48)49)18-27(38(29)43)15-25(12-21)36(24)41;1-4(2)3/h2-12,17-20H,13-16H2,1H3,(H5,40,42,43,44,45,46,47,48,49);/p+1. The number of fused-ring (bicyclic) bond motifs is 9. The third kappa shape index (κ3) is 8.43. The first kappa shape index (κ1) is 39.6. The zero-order chi connectivity index (χ0) is 40.7. The number of hydrogen-bond donors (Lipinski definition) is 6. The summed E-state index contributed by atoms with van der Waals surface area (Å²) in [5, 5.41) is 45.9. The molecule has 18 heteroatoms. The highest BCUT2D eigenvalue weighted by molar-refractivity contribution is 7.86. The van der Waals surface area contributed by atoms with E-state index in [4.69, 9.17) is 17.0 Å². The van der Waals surface area contributed by atoms with E-state index >= 15 is 0 Å². The van der Waals surface area contributed by atoms with Crippen LogP contribution in [0.25, 0.3) is 23.3 Å². The van der Waals surface area contributed by atoms with E-state index in [0.29, 0.717) is 33.7 Å². The van der Waals surface area contributed by atoms with Gasteiger partial charge >= 0.3 is 16.5 Å². The van der Waals surface area contributed by atoms with Crippen LogP contribution in [0.3, 0.4) is 0 Å². The lowest BCUT2D eigenvalue weighted by molar-refractivity contribution is -0.651. The highest BCUT2D eigenvalue weighted by Gasteiger charge is 2.25. The smallest absolute Gasteiger partial charge is 0.425 e. The number of benzene rings is 5. The molecule has 0 spiro atoms. The minimum atomic E-state index is -4.85. The lowest BCUT2D eigenvalue weighted by Crippen LogP contribution is -2.29. The Kier molecular flexibility index (Phi) is 10.8. The van der Waals surface area contributed by atoms with Gasteiger partial charge in [-0.15, -0.1) is 12.6 Å². The second-order valence-electron chi connectivity index (χ2n) is 13.0. The minimum Gasteiger partial charge on any atom is -0.507 e. The van der Waals surface area contributed by atoms with Gasteiger partial charge in [-0.25, -0.2) is 0 Å². The quantitative estimate of drug-likeness (QED) is 0.106. The third-order valence-electron chi connectivity index (χ3n) is 9.29. The van der Waals surface area contributed by atoms with Crippen LogP contribution in [-0.2, 0) is 63.6 Å². The lowest BCUT2D eigenvalue weighted by Gasteiger charge is -2.18. The van der Waals surface area contributed by atoms with E-state index in [1.54, 1.807) is 42.5 Å². The van der Waals surface area contributed by atoms with Crippen LogP contribution in [0, 0.1) is 0 Å². The summed E-state index contributed by atoms with van der Waals surface area (Å²) in [4.78, 5) is -1.16. The van der Waals surface area contributed by atoms with Crippen LogP contribution < -0.4 is 4.57 Å². The first-order chi connectivity index (χ1) is 26.3. The van der Waals surface area contributed by atoms with Gasteiger partial charge < -0.3 is 24.8 Å². The van der Waals surface area contributed by atoms with Crippen LogP contribution in [-0.4, -0.2) is 59.0 Å². The van der Waals surface area contributed by atoms with Crippen LogP contribution in [0.2, 0.25) is 0 Å². The molecule has 0 saturated carbocycles. The van der Waals surface area contributed by atoms with Crippen molar-refractivity contribution in [3.8, 4) is 23.0 Å². The van der Waals surface area contributed by atoms with Gasteiger partial charge in [-0.1, -0.05) is 30.3 Å². The van der Waals surface area contributed by atoms with Crippen molar-refractivity contribution in [3.63, 3.8) is 0 Å². The first-order valence-corrected chi connectivity index (χ1v) is 20.3. The molecule has 8 bridgehead atoms. The summed E-state index contributed by atoms with van der Waals surface area (Å²) in [6, 6.07) is 19.8. The molecule has 1 aromatic heterocycles. The summed E-state index contributed by atoms with van der Waals surface area (Å²) in [6.07, 6.45) is 2.64. The molecule has 5 aromatic carbocycles. The number of aryl methyl sites for hydroxylation is 1. The zero-order valence-corrected chi connectivity index (χ0v) is 31.6. The molecule has 0 aliphatic heterocycles. The Labute approximate surface area is 321 Å². The maximum Gasteiger partial charge on any atom is 0.425 e. The summed E-state index contributed by atoms with van der Waals surface area (Å²) in [5.41, 5.74) is 3.26. The normalized spacial score (nSPS) is 13.0. The zero-order valence-electron chi connectivity index (χ0n) is 29.1. The van der Waals surface area contributed by atoms with Crippen LogP contribution in [0.4, 0.5) is 0 Å². The Morgan fingerprint density at radius 3 is 1.36 bits per heavy atom. The Hall–Kier alpha value is -6.05. The summed E-state index contributed by atoms with van der Waals surface area (Å²) in [7, 11) is -10.9. The number of hydrogen-bond acceptors (Lipinski definition) is 12. The number of phenolic OH excluding ortho intramolecular Hbond substituents is 4. The molecule has 1 heterocycles. The molecule has 7 rings (SSSR count). The second kappa shape index (κ2) is 15.2. The van der Waals surface area contributed by atoms with Crippen molar-refractivity contribution in [2.45, 2.75) is 35.5 Å². The lowest BCUT2D eigenvalue weighted by atomic mass is 9.90. The number of nitrogens with zero attached hydrogens (tertiary/aromatic N) is 1. The third-order valence-corrected chi connectivity index (χ3v) is 10.9. The van der Waals surface area contributed by atoms with Crippen molar-refractivity contribution in [1.29, 1.82) is 0 Å². The predicted octanol–water partition coefficient (Wildman–Crippen LogP) is 4.42. The molecule has 6 aromatic rings. The molecule has 6 N–H and O–H groups in total. The van der Waals surface area contributed by atoms with Gasteiger partial charge in [-0.05, 0) is 76.4 Å². The van der Waals surface area contributed by atoms with Crippen molar-refractivity contribution in [2.75, 3.05) is 0 Å².